The van der Waals surface area contributed by atoms with Crippen molar-refractivity contribution in [1.29, 1.82) is 0 Å². The summed E-state index contributed by atoms with van der Waals surface area (Å²) in [4.78, 5) is 14.4. The minimum absolute atomic E-state index is 0.0433. The lowest BCUT2D eigenvalue weighted by Gasteiger charge is -2.29. The van der Waals surface area contributed by atoms with E-state index in [4.69, 9.17) is 10.5 Å². The zero-order chi connectivity index (χ0) is 14.5. The fourth-order valence-electron chi connectivity index (χ4n) is 2.34. The van der Waals surface area contributed by atoms with Gasteiger partial charge in [0.1, 0.15) is 0 Å². The molecule has 0 radical (unpaired) electrons. The van der Waals surface area contributed by atoms with Gasteiger partial charge in [-0.2, -0.15) is 5.10 Å². The number of aromatic amines is 1. The Kier molecular flexibility index (Phi) is 4.97. The monoisotopic (exact) mass is 281 g/mol. The van der Waals surface area contributed by atoms with Crippen LogP contribution in [-0.4, -0.2) is 59.9 Å². The van der Waals surface area contributed by atoms with Gasteiger partial charge in [0, 0.05) is 25.7 Å². The first-order valence-electron chi connectivity index (χ1n) is 7.05. The third-order valence-electron chi connectivity index (χ3n) is 3.46. The SMILES string of the molecule is CCc1[nH]nc(C(=O)NC(C)CN2CCOCC2)c1N. The first-order chi connectivity index (χ1) is 9.61. The first kappa shape index (κ1) is 14.8. The molecule has 1 aliphatic rings. The molecule has 2 rings (SSSR count). The van der Waals surface area contributed by atoms with E-state index in [0.29, 0.717) is 5.69 Å². The van der Waals surface area contributed by atoms with E-state index in [-0.39, 0.29) is 17.6 Å². The summed E-state index contributed by atoms with van der Waals surface area (Å²) in [5.41, 5.74) is 7.43. The molecule has 1 aromatic rings. The zero-order valence-electron chi connectivity index (χ0n) is 12.1. The number of carbonyl (C=O) groups is 1. The van der Waals surface area contributed by atoms with Crippen LogP contribution in [0.25, 0.3) is 0 Å². The van der Waals surface area contributed by atoms with Gasteiger partial charge in [0.2, 0.25) is 0 Å². The molecule has 2 heterocycles. The lowest BCUT2D eigenvalue weighted by atomic mass is 10.2. The molecule has 1 fully saturated rings. The fraction of sp³-hybridized carbons (Fsp3) is 0.692. The summed E-state index contributed by atoms with van der Waals surface area (Å²) in [7, 11) is 0. The fourth-order valence-corrected chi connectivity index (χ4v) is 2.34. The highest BCUT2D eigenvalue weighted by molar-refractivity contribution is 5.97. The number of hydrogen-bond donors (Lipinski definition) is 3. The number of carbonyl (C=O) groups excluding carboxylic acids is 1. The summed E-state index contributed by atoms with van der Waals surface area (Å²) in [6.07, 6.45) is 0.732. The predicted molar refractivity (Wildman–Crippen MR) is 76.6 cm³/mol. The number of nitrogens with zero attached hydrogens (tertiary/aromatic N) is 2. The summed E-state index contributed by atoms with van der Waals surface area (Å²) in [6.45, 7) is 8.08. The molecule has 7 nitrogen and oxygen atoms in total. The second-order valence-electron chi connectivity index (χ2n) is 5.11. The summed E-state index contributed by atoms with van der Waals surface area (Å²) in [5.74, 6) is -0.223. The molecule has 1 atom stereocenters. The number of H-pyrrole nitrogens is 1. The number of rotatable bonds is 5. The topological polar surface area (TPSA) is 96.3 Å². The van der Waals surface area contributed by atoms with Crippen LogP contribution < -0.4 is 11.1 Å². The highest BCUT2D eigenvalue weighted by Crippen LogP contribution is 2.14. The van der Waals surface area contributed by atoms with Crippen molar-refractivity contribution in [2.24, 2.45) is 0 Å². The minimum atomic E-state index is -0.223. The molecule has 1 aliphatic heterocycles. The van der Waals surface area contributed by atoms with Gasteiger partial charge in [0.25, 0.3) is 5.91 Å². The second-order valence-corrected chi connectivity index (χ2v) is 5.11. The van der Waals surface area contributed by atoms with E-state index in [1.54, 1.807) is 0 Å². The Morgan fingerprint density at radius 2 is 2.25 bits per heavy atom. The van der Waals surface area contributed by atoms with Gasteiger partial charge in [-0.15, -0.1) is 0 Å². The standard InChI is InChI=1S/C13H23N5O2/c1-3-10-11(14)12(17-16-10)13(19)15-9(2)8-18-4-6-20-7-5-18/h9H,3-8,14H2,1-2H3,(H,15,19)(H,16,17). The summed E-state index contributed by atoms with van der Waals surface area (Å²) in [5, 5.41) is 9.72. The third kappa shape index (κ3) is 3.49. The molecule has 112 valence electrons. The van der Waals surface area contributed by atoms with Crippen molar-refractivity contribution in [2.75, 3.05) is 38.6 Å². The van der Waals surface area contributed by atoms with Crippen LogP contribution in [0.4, 0.5) is 5.69 Å². The van der Waals surface area contributed by atoms with Crippen LogP contribution in [-0.2, 0) is 11.2 Å². The molecule has 7 heteroatoms. The van der Waals surface area contributed by atoms with Gasteiger partial charge < -0.3 is 15.8 Å². The molecule has 0 bridgehead atoms. The Hall–Kier alpha value is -1.60. The van der Waals surface area contributed by atoms with Crippen molar-refractivity contribution in [3.8, 4) is 0 Å². The van der Waals surface area contributed by atoms with Crippen molar-refractivity contribution in [3.05, 3.63) is 11.4 Å². The van der Waals surface area contributed by atoms with Gasteiger partial charge in [-0.05, 0) is 13.3 Å². The lowest BCUT2D eigenvalue weighted by Crippen LogP contribution is -2.46. The molecular formula is C13H23N5O2. The molecule has 0 aliphatic carbocycles. The second kappa shape index (κ2) is 6.71. The number of nitrogens with one attached hydrogen (secondary N) is 2. The number of morpholine rings is 1. The van der Waals surface area contributed by atoms with E-state index in [1.165, 1.54) is 0 Å². The third-order valence-corrected chi connectivity index (χ3v) is 3.46. The minimum Gasteiger partial charge on any atom is -0.395 e. The molecule has 0 spiro atoms. The van der Waals surface area contributed by atoms with E-state index in [1.807, 2.05) is 13.8 Å². The number of nitrogens with two attached hydrogens (primary N) is 1. The maximum absolute atomic E-state index is 12.1. The number of nitrogen functional groups attached to an aromatic ring is 1. The van der Waals surface area contributed by atoms with E-state index in [9.17, 15) is 4.79 Å². The predicted octanol–water partition coefficient (Wildman–Crippen LogP) is 0.00480. The largest absolute Gasteiger partial charge is 0.395 e. The van der Waals surface area contributed by atoms with Crippen molar-refractivity contribution in [1.82, 2.24) is 20.4 Å². The summed E-state index contributed by atoms with van der Waals surface area (Å²) in [6, 6.07) is 0.0433. The van der Waals surface area contributed by atoms with Crippen molar-refractivity contribution in [2.45, 2.75) is 26.3 Å². The van der Waals surface area contributed by atoms with Gasteiger partial charge in [-0.3, -0.25) is 14.8 Å². The van der Waals surface area contributed by atoms with Gasteiger partial charge >= 0.3 is 0 Å². The van der Waals surface area contributed by atoms with Crippen LogP contribution in [0.2, 0.25) is 0 Å². The van der Waals surface area contributed by atoms with Crippen molar-refractivity contribution < 1.29 is 9.53 Å². The quantitative estimate of drug-likeness (QED) is 0.706. The molecule has 1 aromatic heterocycles. The molecular weight excluding hydrogens is 258 g/mol. The molecule has 1 amide bonds. The van der Waals surface area contributed by atoms with Crippen LogP contribution in [0.3, 0.4) is 0 Å². The Bertz CT molecular complexity index is 454. The summed E-state index contributed by atoms with van der Waals surface area (Å²) < 4.78 is 5.30. The molecule has 1 saturated heterocycles. The number of anilines is 1. The van der Waals surface area contributed by atoms with E-state index >= 15 is 0 Å². The highest BCUT2D eigenvalue weighted by atomic mass is 16.5. The van der Waals surface area contributed by atoms with Crippen molar-refractivity contribution >= 4 is 11.6 Å². The van der Waals surface area contributed by atoms with Crippen LogP contribution in [0, 0.1) is 0 Å². The molecule has 20 heavy (non-hydrogen) atoms. The van der Waals surface area contributed by atoms with E-state index in [0.717, 1.165) is 45.0 Å². The van der Waals surface area contributed by atoms with Gasteiger partial charge in [0.15, 0.2) is 5.69 Å². The maximum atomic E-state index is 12.1. The molecule has 0 aromatic carbocycles. The average molecular weight is 281 g/mol. The lowest BCUT2D eigenvalue weighted by molar-refractivity contribution is 0.0342. The molecule has 4 N–H and O–H groups in total. The number of aryl methyl sites for hydroxylation is 1. The molecule has 0 saturated carbocycles. The maximum Gasteiger partial charge on any atom is 0.274 e. The van der Waals surface area contributed by atoms with Crippen LogP contribution >= 0.6 is 0 Å². The Labute approximate surface area is 118 Å². The van der Waals surface area contributed by atoms with Gasteiger partial charge in [-0.1, -0.05) is 6.92 Å². The van der Waals surface area contributed by atoms with Crippen LogP contribution in [0.1, 0.15) is 30.0 Å². The number of aromatic nitrogens is 2. The van der Waals surface area contributed by atoms with Gasteiger partial charge in [-0.25, -0.2) is 0 Å². The Morgan fingerprint density at radius 3 is 2.85 bits per heavy atom. The van der Waals surface area contributed by atoms with E-state index < -0.39 is 0 Å². The van der Waals surface area contributed by atoms with Crippen LogP contribution in [0.5, 0.6) is 0 Å². The number of amides is 1. The van der Waals surface area contributed by atoms with Crippen LogP contribution in [0.15, 0.2) is 0 Å². The number of ether oxygens (including phenoxy) is 1. The first-order valence-corrected chi connectivity index (χ1v) is 7.05. The normalized spacial score (nSPS) is 17.9. The Balaban J connectivity index is 1.88. The Morgan fingerprint density at radius 1 is 1.55 bits per heavy atom. The number of hydrogen-bond acceptors (Lipinski definition) is 5. The highest BCUT2D eigenvalue weighted by Gasteiger charge is 2.20. The summed E-state index contributed by atoms with van der Waals surface area (Å²) >= 11 is 0. The van der Waals surface area contributed by atoms with E-state index in [2.05, 4.69) is 20.4 Å². The molecule has 1 unspecified atom stereocenters. The van der Waals surface area contributed by atoms with Crippen molar-refractivity contribution in [3.63, 3.8) is 0 Å². The average Bonchev–Trinajstić information content (AvgIpc) is 2.80. The zero-order valence-corrected chi connectivity index (χ0v) is 12.1. The van der Waals surface area contributed by atoms with Gasteiger partial charge in [0.05, 0.1) is 24.6 Å². The smallest absolute Gasteiger partial charge is 0.274 e.